The van der Waals surface area contributed by atoms with E-state index in [-0.39, 0.29) is 29.7 Å². The van der Waals surface area contributed by atoms with Crippen LogP contribution >= 0.6 is 24.0 Å². The molecule has 0 bridgehead atoms. The number of para-hydroxylation sites is 1. The summed E-state index contributed by atoms with van der Waals surface area (Å²) in [6.45, 7) is 2.44. The number of hydrogen-bond acceptors (Lipinski definition) is 3. The molecule has 0 radical (unpaired) electrons. The summed E-state index contributed by atoms with van der Waals surface area (Å²) in [5.41, 5.74) is 2.78. The number of likely N-dealkylation sites (tertiary alicyclic amines) is 1. The van der Waals surface area contributed by atoms with Crippen LogP contribution in [0.1, 0.15) is 30.4 Å². The number of benzene rings is 2. The summed E-state index contributed by atoms with van der Waals surface area (Å²) >= 11 is 0. The van der Waals surface area contributed by atoms with Crippen molar-refractivity contribution in [3.8, 4) is 0 Å². The Morgan fingerprint density at radius 3 is 2.21 bits per heavy atom. The first kappa shape index (κ1) is 22.7. The zero-order valence-electron chi connectivity index (χ0n) is 16.2. The molecule has 0 atom stereocenters. The number of aliphatic imine (C=N–C) groups is 1. The van der Waals surface area contributed by atoms with E-state index in [2.05, 4.69) is 10.2 Å². The highest BCUT2D eigenvalue weighted by Gasteiger charge is 2.16. The molecule has 0 aromatic heterocycles. The van der Waals surface area contributed by atoms with Gasteiger partial charge in [-0.1, -0.05) is 42.5 Å². The first-order chi connectivity index (χ1) is 13.0. The van der Waals surface area contributed by atoms with Gasteiger partial charge in [-0.25, -0.2) is 13.4 Å². The second-order valence-corrected chi connectivity index (χ2v) is 9.16. The number of sulfone groups is 1. The van der Waals surface area contributed by atoms with Gasteiger partial charge >= 0.3 is 0 Å². The Hall–Kier alpha value is -1.61. The van der Waals surface area contributed by atoms with Gasteiger partial charge in [0, 0.05) is 25.0 Å². The summed E-state index contributed by atoms with van der Waals surface area (Å²) in [7, 11) is -3.08. The average molecular weight is 513 g/mol. The van der Waals surface area contributed by atoms with E-state index < -0.39 is 9.84 Å². The largest absolute Gasteiger partial charge is 0.343 e. The summed E-state index contributed by atoms with van der Waals surface area (Å²) < 4.78 is 23.4. The molecule has 1 heterocycles. The molecule has 0 saturated carbocycles. The van der Waals surface area contributed by atoms with E-state index in [0.29, 0.717) is 6.54 Å². The molecule has 5 nitrogen and oxygen atoms in total. The maximum atomic E-state index is 11.7. The Labute approximate surface area is 185 Å². The number of nitrogens with one attached hydrogen (secondary N) is 1. The fourth-order valence-corrected chi connectivity index (χ4v) is 4.12. The van der Waals surface area contributed by atoms with E-state index in [0.717, 1.165) is 35.9 Å². The molecule has 28 heavy (non-hydrogen) atoms. The Morgan fingerprint density at radius 2 is 1.57 bits per heavy atom. The van der Waals surface area contributed by atoms with Crippen LogP contribution < -0.4 is 5.32 Å². The predicted octanol–water partition coefficient (Wildman–Crippen LogP) is 4.30. The molecule has 2 aromatic carbocycles. The molecule has 1 saturated heterocycles. The number of rotatable bonds is 5. The third kappa shape index (κ3) is 7.09. The molecule has 0 amide bonds. The summed E-state index contributed by atoms with van der Waals surface area (Å²) in [5, 5.41) is 3.44. The van der Waals surface area contributed by atoms with Gasteiger partial charge in [0.05, 0.1) is 12.3 Å². The van der Waals surface area contributed by atoms with E-state index in [1.807, 2.05) is 54.6 Å². The minimum absolute atomic E-state index is 0. The normalized spacial score (nSPS) is 15.0. The van der Waals surface area contributed by atoms with Crippen LogP contribution in [0.25, 0.3) is 0 Å². The van der Waals surface area contributed by atoms with Gasteiger partial charge < -0.3 is 10.2 Å². The van der Waals surface area contributed by atoms with Crippen molar-refractivity contribution >= 4 is 45.5 Å². The molecule has 0 unspecified atom stereocenters. The second kappa shape index (κ2) is 10.8. The number of halogens is 1. The highest BCUT2D eigenvalue weighted by molar-refractivity contribution is 14.0. The molecule has 1 aliphatic rings. The average Bonchev–Trinajstić information content (AvgIpc) is 2.66. The second-order valence-electron chi connectivity index (χ2n) is 7.02. The van der Waals surface area contributed by atoms with Crippen LogP contribution in [-0.2, 0) is 22.1 Å². The molecular weight excluding hydrogens is 485 g/mol. The van der Waals surface area contributed by atoms with Crippen LogP contribution in [0.4, 0.5) is 5.69 Å². The standard InChI is InChI=1S/C21H27N3O2S.HI/c1-27(25,26)17-19-11-7-6-10-18(19)16-22-21(24-14-8-3-9-15-24)23-20-12-4-2-5-13-20;/h2,4-7,10-13H,3,8-9,14-17H2,1H3,(H,22,23);1H. The van der Waals surface area contributed by atoms with Crippen LogP contribution in [0.5, 0.6) is 0 Å². The minimum Gasteiger partial charge on any atom is -0.343 e. The molecule has 3 rings (SSSR count). The van der Waals surface area contributed by atoms with Gasteiger partial charge in [-0.05, 0) is 42.5 Å². The zero-order valence-corrected chi connectivity index (χ0v) is 19.3. The fraction of sp³-hybridized carbons (Fsp3) is 0.381. The fourth-order valence-electron chi connectivity index (χ4n) is 3.27. The van der Waals surface area contributed by atoms with Crippen LogP contribution in [0, 0.1) is 0 Å². The van der Waals surface area contributed by atoms with E-state index in [1.165, 1.54) is 25.5 Å². The highest BCUT2D eigenvalue weighted by Crippen LogP contribution is 2.16. The molecule has 152 valence electrons. The molecule has 7 heteroatoms. The Kier molecular flexibility index (Phi) is 8.75. The number of piperidine rings is 1. The van der Waals surface area contributed by atoms with Crippen molar-refractivity contribution in [2.75, 3.05) is 24.7 Å². The van der Waals surface area contributed by atoms with Crippen LogP contribution in [0.15, 0.2) is 59.6 Å². The van der Waals surface area contributed by atoms with Crippen LogP contribution in [0.2, 0.25) is 0 Å². The van der Waals surface area contributed by atoms with Crippen LogP contribution in [-0.4, -0.2) is 38.6 Å². The van der Waals surface area contributed by atoms with E-state index in [9.17, 15) is 8.42 Å². The SMILES string of the molecule is CS(=O)(=O)Cc1ccccc1CN=C(Nc1ccccc1)N1CCCCC1.I. The maximum Gasteiger partial charge on any atom is 0.198 e. The lowest BCUT2D eigenvalue weighted by Gasteiger charge is -2.30. The van der Waals surface area contributed by atoms with Crippen molar-refractivity contribution in [2.24, 2.45) is 4.99 Å². The van der Waals surface area contributed by atoms with Gasteiger partial charge in [0.25, 0.3) is 0 Å². The molecule has 2 aromatic rings. The number of guanidine groups is 1. The topological polar surface area (TPSA) is 61.8 Å². The monoisotopic (exact) mass is 513 g/mol. The highest BCUT2D eigenvalue weighted by atomic mass is 127. The number of anilines is 1. The lowest BCUT2D eigenvalue weighted by atomic mass is 10.1. The summed E-state index contributed by atoms with van der Waals surface area (Å²) in [4.78, 5) is 7.13. The van der Waals surface area contributed by atoms with E-state index in [1.54, 1.807) is 0 Å². The van der Waals surface area contributed by atoms with E-state index in [4.69, 9.17) is 4.99 Å². The maximum absolute atomic E-state index is 11.7. The number of nitrogens with zero attached hydrogens (tertiary/aromatic N) is 2. The third-order valence-corrected chi connectivity index (χ3v) is 5.46. The van der Waals surface area contributed by atoms with Gasteiger partial charge in [0.1, 0.15) is 0 Å². The lowest BCUT2D eigenvalue weighted by Crippen LogP contribution is -2.40. The number of hydrogen-bond donors (Lipinski definition) is 1. The summed E-state index contributed by atoms with van der Waals surface area (Å²) in [6.07, 6.45) is 4.86. The lowest BCUT2D eigenvalue weighted by molar-refractivity contribution is 0.340. The van der Waals surface area contributed by atoms with Crippen molar-refractivity contribution in [1.82, 2.24) is 4.90 Å². The summed E-state index contributed by atoms with van der Waals surface area (Å²) in [5.74, 6) is 0.902. The van der Waals surface area contributed by atoms with Gasteiger partial charge in [-0.3, -0.25) is 0 Å². The molecule has 1 N–H and O–H groups in total. The first-order valence-electron chi connectivity index (χ1n) is 9.37. The Bertz CT molecular complexity index is 880. The van der Waals surface area contributed by atoms with Gasteiger partial charge in [-0.2, -0.15) is 0 Å². The van der Waals surface area contributed by atoms with Gasteiger partial charge in [0.2, 0.25) is 0 Å². The smallest absolute Gasteiger partial charge is 0.198 e. The summed E-state index contributed by atoms with van der Waals surface area (Å²) in [6, 6.07) is 17.7. The van der Waals surface area contributed by atoms with E-state index >= 15 is 0 Å². The Morgan fingerprint density at radius 1 is 0.964 bits per heavy atom. The van der Waals surface area contributed by atoms with Crippen LogP contribution in [0.3, 0.4) is 0 Å². The molecule has 0 aliphatic carbocycles. The Balaban J connectivity index is 0.00000280. The molecule has 1 aliphatic heterocycles. The third-order valence-electron chi connectivity index (χ3n) is 4.62. The van der Waals surface area contributed by atoms with Crippen molar-refractivity contribution in [1.29, 1.82) is 0 Å². The van der Waals surface area contributed by atoms with Crippen molar-refractivity contribution in [3.63, 3.8) is 0 Å². The predicted molar refractivity (Wildman–Crippen MR) is 127 cm³/mol. The molecule has 0 spiro atoms. The van der Waals surface area contributed by atoms with Crippen molar-refractivity contribution in [3.05, 3.63) is 65.7 Å². The van der Waals surface area contributed by atoms with Crippen molar-refractivity contribution in [2.45, 2.75) is 31.6 Å². The minimum atomic E-state index is -3.08. The van der Waals surface area contributed by atoms with Gasteiger partial charge in [0.15, 0.2) is 15.8 Å². The molecular formula is C21H28IN3O2S. The zero-order chi connectivity index (χ0) is 19.1. The molecule has 1 fully saturated rings. The first-order valence-corrected chi connectivity index (χ1v) is 11.4. The quantitative estimate of drug-likeness (QED) is 0.368. The van der Waals surface area contributed by atoms with Crippen molar-refractivity contribution < 1.29 is 8.42 Å². The van der Waals surface area contributed by atoms with Gasteiger partial charge in [-0.15, -0.1) is 24.0 Å².